The van der Waals surface area contributed by atoms with Gasteiger partial charge in [-0.25, -0.2) is 4.39 Å². The van der Waals surface area contributed by atoms with E-state index in [0.29, 0.717) is 18.4 Å². The van der Waals surface area contributed by atoms with Crippen LogP contribution in [0.1, 0.15) is 12.0 Å². The minimum absolute atomic E-state index is 0.250. The van der Waals surface area contributed by atoms with Gasteiger partial charge in [0.1, 0.15) is 5.82 Å². The predicted molar refractivity (Wildman–Crippen MR) is 48.0 cm³/mol. The summed E-state index contributed by atoms with van der Waals surface area (Å²) in [7, 11) is 0. The van der Waals surface area contributed by atoms with Gasteiger partial charge < -0.3 is 0 Å². The Labute approximate surface area is 79.0 Å². The molecule has 0 unspecified atom stereocenters. The maximum absolute atomic E-state index is 13.0. The lowest BCUT2D eigenvalue weighted by Gasteiger charge is -1.99. The summed E-state index contributed by atoms with van der Waals surface area (Å²) in [6.07, 6.45) is 0.841. The average molecular weight is 228 g/mol. The monoisotopic (exact) mass is 227 g/mol. The molecule has 0 bridgehead atoms. The Morgan fingerprint density at radius 1 is 1.50 bits per heavy atom. The fourth-order valence-corrected chi connectivity index (χ4v) is 1.25. The van der Waals surface area contributed by atoms with E-state index in [1.807, 2.05) is 6.07 Å². The van der Waals surface area contributed by atoms with Gasteiger partial charge in [-0.15, -0.1) is 0 Å². The first kappa shape index (κ1) is 9.21. The Morgan fingerprint density at radius 2 is 2.25 bits per heavy atom. The van der Waals surface area contributed by atoms with E-state index in [1.165, 1.54) is 6.07 Å². The lowest BCUT2D eigenvalue weighted by molar-refractivity contribution is 0.609. The van der Waals surface area contributed by atoms with Gasteiger partial charge >= 0.3 is 0 Å². The molecule has 0 N–H and O–H groups in total. The van der Waals surface area contributed by atoms with E-state index in [0.717, 1.165) is 4.47 Å². The zero-order valence-corrected chi connectivity index (χ0v) is 7.94. The number of hydrogen-bond acceptors (Lipinski definition) is 1. The maximum Gasteiger partial charge on any atom is 0.127 e. The molecule has 0 saturated heterocycles. The highest BCUT2D eigenvalue weighted by atomic mass is 79.9. The molecule has 0 aliphatic heterocycles. The first-order valence-corrected chi connectivity index (χ1v) is 4.34. The Bertz CT molecular complexity index is 317. The van der Waals surface area contributed by atoms with Gasteiger partial charge in [-0.3, -0.25) is 0 Å². The third-order valence-corrected chi connectivity index (χ3v) is 2.01. The SMILES string of the molecule is N#CCCc1ccc(Br)cc1F. The van der Waals surface area contributed by atoms with Crippen LogP contribution in [-0.2, 0) is 6.42 Å². The molecular formula is C9H7BrFN. The molecule has 1 rings (SSSR count). The second-order valence-corrected chi connectivity index (χ2v) is 3.31. The topological polar surface area (TPSA) is 23.8 Å². The molecule has 0 heterocycles. The molecular weight excluding hydrogens is 221 g/mol. The van der Waals surface area contributed by atoms with Crippen LogP contribution in [-0.4, -0.2) is 0 Å². The number of halogens is 2. The van der Waals surface area contributed by atoms with E-state index in [1.54, 1.807) is 12.1 Å². The van der Waals surface area contributed by atoms with Crippen LogP contribution in [0.5, 0.6) is 0 Å². The minimum atomic E-state index is -0.250. The number of aryl methyl sites for hydroxylation is 1. The second kappa shape index (κ2) is 4.22. The lowest BCUT2D eigenvalue weighted by Crippen LogP contribution is -1.89. The third-order valence-electron chi connectivity index (χ3n) is 1.52. The van der Waals surface area contributed by atoms with Crippen LogP contribution in [0.25, 0.3) is 0 Å². The molecule has 0 atom stereocenters. The van der Waals surface area contributed by atoms with Crippen LogP contribution in [0.4, 0.5) is 4.39 Å². The summed E-state index contributed by atoms with van der Waals surface area (Å²) in [5.74, 6) is -0.250. The molecule has 12 heavy (non-hydrogen) atoms. The van der Waals surface area contributed by atoms with Crippen molar-refractivity contribution in [1.82, 2.24) is 0 Å². The molecule has 0 aliphatic rings. The Balaban J connectivity index is 2.81. The summed E-state index contributed by atoms with van der Waals surface area (Å²) < 4.78 is 13.8. The van der Waals surface area contributed by atoms with Gasteiger partial charge in [0.2, 0.25) is 0 Å². The molecule has 1 aromatic carbocycles. The summed E-state index contributed by atoms with van der Waals surface area (Å²) in [5.41, 5.74) is 0.597. The van der Waals surface area contributed by atoms with E-state index in [4.69, 9.17) is 5.26 Å². The maximum atomic E-state index is 13.0. The zero-order valence-electron chi connectivity index (χ0n) is 6.35. The third kappa shape index (κ3) is 2.31. The van der Waals surface area contributed by atoms with Crippen molar-refractivity contribution in [3.05, 3.63) is 34.1 Å². The summed E-state index contributed by atoms with van der Waals surface area (Å²) in [6, 6.07) is 6.85. The van der Waals surface area contributed by atoms with Crippen molar-refractivity contribution < 1.29 is 4.39 Å². The van der Waals surface area contributed by atoms with E-state index >= 15 is 0 Å². The molecule has 0 fully saturated rings. The number of nitriles is 1. The van der Waals surface area contributed by atoms with Crippen LogP contribution in [0.2, 0.25) is 0 Å². The fraction of sp³-hybridized carbons (Fsp3) is 0.222. The van der Waals surface area contributed by atoms with Gasteiger partial charge in [0.15, 0.2) is 0 Å². The van der Waals surface area contributed by atoms with Crippen molar-refractivity contribution >= 4 is 15.9 Å². The molecule has 0 aromatic heterocycles. The van der Waals surface area contributed by atoms with Crippen molar-refractivity contribution in [2.75, 3.05) is 0 Å². The lowest BCUT2D eigenvalue weighted by atomic mass is 10.1. The van der Waals surface area contributed by atoms with Crippen molar-refractivity contribution in [2.24, 2.45) is 0 Å². The summed E-state index contributed by atoms with van der Waals surface area (Å²) in [5, 5.41) is 8.29. The predicted octanol–water partition coefficient (Wildman–Crippen LogP) is 3.04. The molecule has 0 aliphatic carbocycles. The molecule has 0 radical (unpaired) electrons. The molecule has 0 amide bonds. The van der Waals surface area contributed by atoms with Crippen LogP contribution in [0.3, 0.4) is 0 Å². The van der Waals surface area contributed by atoms with Crippen LogP contribution >= 0.6 is 15.9 Å². The molecule has 0 spiro atoms. The van der Waals surface area contributed by atoms with Crippen molar-refractivity contribution in [3.8, 4) is 6.07 Å². The smallest absolute Gasteiger partial charge is 0.127 e. The molecule has 1 nitrogen and oxygen atoms in total. The highest BCUT2D eigenvalue weighted by Gasteiger charge is 2.01. The largest absolute Gasteiger partial charge is 0.207 e. The van der Waals surface area contributed by atoms with Crippen molar-refractivity contribution in [2.45, 2.75) is 12.8 Å². The van der Waals surface area contributed by atoms with Gasteiger partial charge in [-0.2, -0.15) is 5.26 Å². The Morgan fingerprint density at radius 3 is 2.83 bits per heavy atom. The Hall–Kier alpha value is -0.880. The molecule has 3 heteroatoms. The highest BCUT2D eigenvalue weighted by molar-refractivity contribution is 9.10. The minimum Gasteiger partial charge on any atom is -0.207 e. The van der Waals surface area contributed by atoms with Gasteiger partial charge in [-0.05, 0) is 24.1 Å². The zero-order chi connectivity index (χ0) is 8.97. The van der Waals surface area contributed by atoms with E-state index in [-0.39, 0.29) is 5.82 Å². The first-order valence-electron chi connectivity index (χ1n) is 3.55. The van der Waals surface area contributed by atoms with E-state index in [9.17, 15) is 4.39 Å². The summed E-state index contributed by atoms with van der Waals surface area (Å²) >= 11 is 3.16. The quantitative estimate of drug-likeness (QED) is 0.763. The number of benzene rings is 1. The van der Waals surface area contributed by atoms with Crippen molar-refractivity contribution in [3.63, 3.8) is 0 Å². The summed E-state index contributed by atoms with van der Waals surface area (Å²) in [4.78, 5) is 0. The van der Waals surface area contributed by atoms with Crippen LogP contribution in [0, 0.1) is 17.1 Å². The number of nitrogens with zero attached hydrogens (tertiary/aromatic N) is 1. The normalized spacial score (nSPS) is 9.42. The van der Waals surface area contributed by atoms with Gasteiger partial charge in [-0.1, -0.05) is 22.0 Å². The average Bonchev–Trinajstić information content (AvgIpc) is 2.03. The fourth-order valence-electron chi connectivity index (χ4n) is 0.915. The molecule has 62 valence electrons. The van der Waals surface area contributed by atoms with Gasteiger partial charge in [0.25, 0.3) is 0 Å². The molecule has 1 aromatic rings. The van der Waals surface area contributed by atoms with Gasteiger partial charge in [0, 0.05) is 10.9 Å². The van der Waals surface area contributed by atoms with Crippen LogP contribution < -0.4 is 0 Å². The standard InChI is InChI=1S/C9H7BrFN/c10-8-4-3-7(2-1-5-12)9(11)6-8/h3-4,6H,1-2H2. The van der Waals surface area contributed by atoms with Crippen LogP contribution in [0.15, 0.2) is 22.7 Å². The highest BCUT2D eigenvalue weighted by Crippen LogP contribution is 2.16. The summed E-state index contributed by atoms with van der Waals surface area (Å²) in [6.45, 7) is 0. The molecule has 0 saturated carbocycles. The van der Waals surface area contributed by atoms with Crippen molar-refractivity contribution in [1.29, 1.82) is 5.26 Å². The Kier molecular flexibility index (Phi) is 3.24. The number of rotatable bonds is 2. The van der Waals surface area contributed by atoms with Gasteiger partial charge in [0.05, 0.1) is 6.07 Å². The van der Waals surface area contributed by atoms with E-state index in [2.05, 4.69) is 15.9 Å². The first-order chi connectivity index (χ1) is 5.74. The second-order valence-electron chi connectivity index (χ2n) is 2.39. The van der Waals surface area contributed by atoms with E-state index < -0.39 is 0 Å². The number of hydrogen-bond donors (Lipinski definition) is 0.